The van der Waals surface area contributed by atoms with E-state index in [9.17, 15) is 0 Å². The lowest BCUT2D eigenvalue weighted by molar-refractivity contribution is 0.419. The van der Waals surface area contributed by atoms with Crippen molar-refractivity contribution in [2.45, 2.75) is 31.2 Å². The highest BCUT2D eigenvalue weighted by atomic mass is 35.5. The molecule has 19 heavy (non-hydrogen) atoms. The summed E-state index contributed by atoms with van der Waals surface area (Å²) >= 11 is 5.85. The van der Waals surface area contributed by atoms with E-state index in [2.05, 4.69) is 29.2 Å². The summed E-state index contributed by atoms with van der Waals surface area (Å²) in [6.45, 7) is 0. The Hall–Kier alpha value is -1.38. The average molecular weight is 273 g/mol. The van der Waals surface area contributed by atoms with E-state index in [1.54, 1.807) is 6.20 Å². The van der Waals surface area contributed by atoms with Gasteiger partial charge in [-0.25, -0.2) is 0 Å². The van der Waals surface area contributed by atoms with Crippen molar-refractivity contribution in [3.05, 3.63) is 64.4 Å². The van der Waals surface area contributed by atoms with Gasteiger partial charge < -0.3 is 5.73 Å². The van der Waals surface area contributed by atoms with Crippen molar-refractivity contribution < 1.29 is 0 Å². The second-order valence-electron chi connectivity index (χ2n) is 5.18. The van der Waals surface area contributed by atoms with E-state index in [4.69, 9.17) is 17.3 Å². The van der Waals surface area contributed by atoms with Crippen LogP contribution >= 0.6 is 11.6 Å². The van der Waals surface area contributed by atoms with Crippen molar-refractivity contribution >= 4 is 11.6 Å². The fourth-order valence-corrected chi connectivity index (χ4v) is 2.60. The molecule has 3 rings (SSSR count). The van der Waals surface area contributed by atoms with Crippen LogP contribution in [-0.2, 0) is 0 Å². The van der Waals surface area contributed by atoms with Gasteiger partial charge in [-0.3, -0.25) is 4.98 Å². The van der Waals surface area contributed by atoms with Gasteiger partial charge in [0.1, 0.15) is 0 Å². The maximum absolute atomic E-state index is 6.29. The minimum atomic E-state index is -0.183. The fourth-order valence-electron chi connectivity index (χ4n) is 2.49. The molecule has 1 fully saturated rings. The summed E-state index contributed by atoms with van der Waals surface area (Å²) in [7, 11) is 0. The third-order valence-corrected chi connectivity index (χ3v) is 4.14. The molecule has 1 unspecified atom stereocenters. The number of aromatic nitrogens is 1. The molecule has 0 radical (unpaired) electrons. The van der Waals surface area contributed by atoms with E-state index < -0.39 is 0 Å². The van der Waals surface area contributed by atoms with Gasteiger partial charge >= 0.3 is 0 Å². The highest BCUT2D eigenvalue weighted by Crippen LogP contribution is 2.37. The predicted molar refractivity (Wildman–Crippen MR) is 78.3 cm³/mol. The van der Waals surface area contributed by atoms with Crippen LogP contribution in [0.4, 0.5) is 0 Å². The first-order chi connectivity index (χ1) is 9.24. The fraction of sp³-hybridized carbons (Fsp3) is 0.312. The highest BCUT2D eigenvalue weighted by Gasteiger charge is 2.20. The van der Waals surface area contributed by atoms with Crippen LogP contribution in [0, 0.1) is 0 Å². The smallest absolute Gasteiger partial charge is 0.0726 e. The van der Waals surface area contributed by atoms with E-state index in [1.165, 1.54) is 24.8 Å². The van der Waals surface area contributed by atoms with Gasteiger partial charge in [0.15, 0.2) is 0 Å². The molecule has 0 spiro atoms. The van der Waals surface area contributed by atoms with Crippen LogP contribution < -0.4 is 5.73 Å². The lowest BCUT2D eigenvalue weighted by atomic mass is 9.79. The van der Waals surface area contributed by atoms with Crippen molar-refractivity contribution in [3.8, 4) is 0 Å². The Balaban J connectivity index is 1.86. The first kappa shape index (κ1) is 12.6. The summed E-state index contributed by atoms with van der Waals surface area (Å²) in [4.78, 5) is 4.31. The molecular formula is C16H17ClN2. The van der Waals surface area contributed by atoms with Crippen LogP contribution in [0.1, 0.15) is 48.0 Å². The number of benzene rings is 1. The van der Waals surface area contributed by atoms with Crippen molar-refractivity contribution in [3.63, 3.8) is 0 Å². The molecule has 1 aromatic heterocycles. The molecule has 2 N–H and O–H groups in total. The zero-order valence-corrected chi connectivity index (χ0v) is 11.5. The maximum atomic E-state index is 6.29. The molecule has 2 nitrogen and oxygen atoms in total. The Morgan fingerprint density at radius 3 is 2.68 bits per heavy atom. The number of halogens is 1. The predicted octanol–water partition coefficient (Wildman–Crippen LogP) is 4.05. The van der Waals surface area contributed by atoms with Gasteiger partial charge in [-0.2, -0.15) is 0 Å². The van der Waals surface area contributed by atoms with Crippen LogP contribution in [0.2, 0.25) is 5.02 Å². The van der Waals surface area contributed by atoms with Gasteiger partial charge in [-0.05, 0) is 42.0 Å². The van der Waals surface area contributed by atoms with Crippen LogP contribution in [-0.4, -0.2) is 4.98 Å². The summed E-state index contributed by atoms with van der Waals surface area (Å²) in [5, 5.41) is 0.638. The zero-order chi connectivity index (χ0) is 13.2. The third-order valence-electron chi connectivity index (χ3n) is 3.92. The summed E-state index contributed by atoms with van der Waals surface area (Å²) in [5.74, 6) is 0.727. The minimum Gasteiger partial charge on any atom is -0.319 e. The first-order valence-corrected chi connectivity index (χ1v) is 7.09. The molecular weight excluding hydrogens is 256 g/mol. The Morgan fingerprint density at radius 2 is 2.05 bits per heavy atom. The van der Waals surface area contributed by atoms with Crippen LogP contribution in [0.3, 0.4) is 0 Å². The molecule has 98 valence electrons. The van der Waals surface area contributed by atoms with Crippen LogP contribution in [0.15, 0.2) is 42.6 Å². The molecule has 3 heteroatoms. The van der Waals surface area contributed by atoms with E-state index in [1.807, 2.05) is 12.1 Å². The monoisotopic (exact) mass is 272 g/mol. The number of pyridine rings is 1. The Labute approximate surface area is 118 Å². The Morgan fingerprint density at radius 1 is 1.21 bits per heavy atom. The van der Waals surface area contributed by atoms with Gasteiger partial charge in [0.25, 0.3) is 0 Å². The van der Waals surface area contributed by atoms with E-state index in [0.717, 1.165) is 17.2 Å². The molecule has 0 saturated heterocycles. The van der Waals surface area contributed by atoms with Crippen molar-refractivity contribution in [1.82, 2.24) is 4.98 Å². The Kier molecular flexibility index (Phi) is 3.54. The quantitative estimate of drug-likeness (QED) is 0.915. The molecule has 1 saturated carbocycles. The molecule has 0 amide bonds. The van der Waals surface area contributed by atoms with E-state index in [0.29, 0.717) is 5.02 Å². The van der Waals surface area contributed by atoms with Gasteiger partial charge in [0, 0.05) is 6.20 Å². The lowest BCUT2D eigenvalue weighted by Gasteiger charge is -2.26. The number of hydrogen-bond acceptors (Lipinski definition) is 2. The summed E-state index contributed by atoms with van der Waals surface area (Å²) < 4.78 is 0. The van der Waals surface area contributed by atoms with Gasteiger partial charge in [-0.15, -0.1) is 0 Å². The average Bonchev–Trinajstić information content (AvgIpc) is 2.37. The standard InChI is InChI=1S/C16H17ClN2/c17-14-7-8-15(19-10-14)16(18)13-6-2-5-12(9-13)11-3-1-4-11/h2,5-11,16H,1,3-4,18H2. The summed E-state index contributed by atoms with van der Waals surface area (Å²) in [5.41, 5.74) is 9.68. The second kappa shape index (κ2) is 5.32. The second-order valence-corrected chi connectivity index (χ2v) is 5.61. The van der Waals surface area contributed by atoms with Gasteiger partial charge in [0.05, 0.1) is 16.8 Å². The first-order valence-electron chi connectivity index (χ1n) is 6.71. The summed E-state index contributed by atoms with van der Waals surface area (Å²) in [6.07, 6.45) is 5.60. The zero-order valence-electron chi connectivity index (χ0n) is 10.7. The maximum Gasteiger partial charge on any atom is 0.0726 e. The van der Waals surface area contributed by atoms with Crippen LogP contribution in [0.5, 0.6) is 0 Å². The minimum absolute atomic E-state index is 0.183. The molecule has 1 atom stereocenters. The molecule has 0 bridgehead atoms. The Bertz CT molecular complexity index is 561. The number of nitrogens with zero attached hydrogens (tertiary/aromatic N) is 1. The van der Waals surface area contributed by atoms with E-state index >= 15 is 0 Å². The molecule has 0 aliphatic heterocycles. The molecule has 1 aliphatic carbocycles. The van der Waals surface area contributed by atoms with Crippen molar-refractivity contribution in [1.29, 1.82) is 0 Å². The normalized spacial score (nSPS) is 16.9. The lowest BCUT2D eigenvalue weighted by Crippen LogP contribution is -2.15. The highest BCUT2D eigenvalue weighted by molar-refractivity contribution is 6.30. The largest absolute Gasteiger partial charge is 0.319 e. The SMILES string of the molecule is NC(c1cccc(C2CCC2)c1)c1ccc(Cl)cn1. The molecule has 2 aromatic rings. The summed E-state index contributed by atoms with van der Waals surface area (Å²) in [6, 6.07) is 12.1. The topological polar surface area (TPSA) is 38.9 Å². The van der Waals surface area contributed by atoms with Gasteiger partial charge in [-0.1, -0.05) is 42.3 Å². The molecule has 1 aromatic carbocycles. The molecule has 1 aliphatic rings. The third kappa shape index (κ3) is 2.65. The van der Waals surface area contributed by atoms with Gasteiger partial charge in [0.2, 0.25) is 0 Å². The van der Waals surface area contributed by atoms with E-state index in [-0.39, 0.29) is 6.04 Å². The van der Waals surface area contributed by atoms with Crippen molar-refractivity contribution in [2.75, 3.05) is 0 Å². The molecule has 1 heterocycles. The number of hydrogen-bond donors (Lipinski definition) is 1. The number of rotatable bonds is 3. The van der Waals surface area contributed by atoms with Crippen LogP contribution in [0.25, 0.3) is 0 Å². The number of nitrogens with two attached hydrogens (primary N) is 1. The van der Waals surface area contributed by atoms with Crippen molar-refractivity contribution in [2.24, 2.45) is 5.73 Å².